The molecular formula is C38H24O. The fraction of sp³-hybridized carbons (Fsp3) is 0. The minimum Gasteiger partial charge on any atom is -0.456 e. The molecule has 182 valence electrons. The maximum absolute atomic E-state index is 9.63. The van der Waals surface area contributed by atoms with Crippen molar-refractivity contribution in [3.63, 3.8) is 0 Å². The van der Waals surface area contributed by atoms with Gasteiger partial charge in [-0.2, -0.15) is 0 Å². The zero-order valence-electron chi connectivity index (χ0n) is 36.0. The van der Waals surface area contributed by atoms with Crippen LogP contribution < -0.4 is 0 Å². The topological polar surface area (TPSA) is 13.1 Å². The molecule has 0 aliphatic carbocycles. The predicted octanol–water partition coefficient (Wildman–Crippen LogP) is 10.9. The summed E-state index contributed by atoms with van der Waals surface area (Å²) in [5.41, 5.74) is -1.26. The van der Waals surface area contributed by atoms with E-state index in [1.165, 1.54) is 0 Å². The molecule has 0 atom stereocenters. The minimum atomic E-state index is -0.682. The first kappa shape index (κ1) is 11.3. The molecule has 0 saturated carbocycles. The van der Waals surface area contributed by atoms with E-state index in [1.54, 1.807) is 48.5 Å². The highest BCUT2D eigenvalue weighted by Gasteiger charge is 2.17. The molecule has 8 aromatic rings. The fourth-order valence-electron chi connectivity index (χ4n) is 5.06. The molecular weight excluding hydrogens is 472 g/mol. The summed E-state index contributed by atoms with van der Waals surface area (Å²) in [5.74, 6) is 0. The maximum atomic E-state index is 9.63. The van der Waals surface area contributed by atoms with Crippen molar-refractivity contribution >= 4 is 43.5 Å². The summed E-state index contributed by atoms with van der Waals surface area (Å²) in [6.45, 7) is 0. The molecule has 7 aromatic carbocycles. The van der Waals surface area contributed by atoms with Gasteiger partial charge in [0, 0.05) is 10.8 Å². The van der Waals surface area contributed by atoms with Gasteiger partial charge in [0.25, 0.3) is 0 Å². The van der Waals surface area contributed by atoms with E-state index in [4.69, 9.17) is 23.6 Å². The summed E-state index contributed by atoms with van der Waals surface area (Å²) in [5, 5.41) is 1.08. The molecule has 1 heteroatoms. The quantitative estimate of drug-likeness (QED) is 0.215. The standard InChI is InChI=1S/C38H24O/c1-2-11-25(12-3-1)37-30-16-4-6-18-32(30)38(33-19-7-5-17-31(33)37)28-14-10-13-26(23-28)27-21-22-36-34(24-27)29-15-8-9-20-35(29)39-36/h1-24H/i1D,2D,3D,8D,9D,10D,11D,12D,13D,14D,15D,20D,21D,22D,23D,24D. The van der Waals surface area contributed by atoms with Crippen LogP contribution in [0.5, 0.6) is 0 Å². The molecule has 0 bridgehead atoms. The van der Waals surface area contributed by atoms with E-state index in [0.29, 0.717) is 27.1 Å². The first-order chi connectivity index (χ1) is 26.0. The van der Waals surface area contributed by atoms with E-state index >= 15 is 0 Å². The van der Waals surface area contributed by atoms with Crippen molar-refractivity contribution in [3.8, 4) is 33.4 Å². The Bertz CT molecular complexity index is 2970. The predicted molar refractivity (Wildman–Crippen MR) is 165 cm³/mol. The van der Waals surface area contributed by atoms with Crippen LogP contribution in [0.25, 0.3) is 76.9 Å². The molecule has 0 aliphatic rings. The van der Waals surface area contributed by atoms with Crippen LogP contribution in [0.1, 0.15) is 21.9 Å². The molecule has 0 radical (unpaired) electrons. The highest BCUT2D eigenvalue weighted by Crippen LogP contribution is 2.44. The lowest BCUT2D eigenvalue weighted by atomic mass is 9.85. The number of benzene rings is 7. The summed E-state index contributed by atoms with van der Waals surface area (Å²) >= 11 is 0. The average molecular weight is 513 g/mol. The van der Waals surface area contributed by atoms with Gasteiger partial charge in [-0.3, -0.25) is 0 Å². The van der Waals surface area contributed by atoms with Gasteiger partial charge < -0.3 is 4.42 Å². The van der Waals surface area contributed by atoms with Crippen LogP contribution in [0.2, 0.25) is 0 Å². The summed E-state index contributed by atoms with van der Waals surface area (Å²) in [4.78, 5) is 0. The van der Waals surface area contributed by atoms with Gasteiger partial charge in [-0.05, 0) is 79.1 Å². The van der Waals surface area contributed by atoms with Gasteiger partial charge in [0.2, 0.25) is 0 Å². The lowest BCUT2D eigenvalue weighted by Crippen LogP contribution is -1.91. The second-order valence-electron chi connectivity index (χ2n) is 8.85. The maximum Gasteiger partial charge on any atom is 0.135 e. The van der Waals surface area contributed by atoms with Crippen LogP contribution >= 0.6 is 0 Å². The van der Waals surface area contributed by atoms with E-state index in [1.807, 2.05) is 0 Å². The smallest absolute Gasteiger partial charge is 0.135 e. The normalized spacial score (nSPS) is 17.3. The molecule has 1 nitrogen and oxygen atoms in total. The Kier molecular flexibility index (Phi) is 2.53. The Morgan fingerprint density at radius 2 is 0.923 bits per heavy atom. The fourth-order valence-corrected chi connectivity index (χ4v) is 5.06. The SMILES string of the molecule is [2H]c1c([2H])c([2H])c(-c2c3ccccc3c(-c3c([2H])c([2H])c([2H])c(-c4c([2H])c([2H])c5oc6c([2H])c([2H])c([2H])c([2H])c6c5c4[2H])c3[2H])c3ccccc23)c([2H])c1[2H]. The Labute approximate surface area is 249 Å². The third-order valence-electron chi connectivity index (χ3n) is 6.69. The van der Waals surface area contributed by atoms with E-state index in [0.717, 1.165) is 0 Å². The zero-order chi connectivity index (χ0) is 39.7. The van der Waals surface area contributed by atoms with Crippen molar-refractivity contribution in [1.82, 2.24) is 0 Å². The Balaban J connectivity index is 1.54. The van der Waals surface area contributed by atoms with Crippen LogP contribution in [-0.4, -0.2) is 0 Å². The first-order valence-corrected chi connectivity index (χ1v) is 12.1. The summed E-state index contributed by atoms with van der Waals surface area (Å²) < 4.78 is 145. The molecule has 1 heterocycles. The highest BCUT2D eigenvalue weighted by atomic mass is 16.3. The monoisotopic (exact) mass is 512 g/mol. The van der Waals surface area contributed by atoms with E-state index in [2.05, 4.69) is 0 Å². The van der Waals surface area contributed by atoms with E-state index in [9.17, 15) is 2.74 Å². The lowest BCUT2D eigenvalue weighted by Gasteiger charge is -2.18. The number of fused-ring (bicyclic) bond motifs is 5. The van der Waals surface area contributed by atoms with Crippen LogP contribution in [0, 0.1) is 0 Å². The summed E-state index contributed by atoms with van der Waals surface area (Å²) in [6, 6.07) is 4.31. The summed E-state index contributed by atoms with van der Waals surface area (Å²) in [7, 11) is 0. The first-order valence-electron chi connectivity index (χ1n) is 20.1. The molecule has 0 spiro atoms. The third-order valence-corrected chi connectivity index (χ3v) is 6.69. The average Bonchev–Trinajstić information content (AvgIpc) is 3.59. The van der Waals surface area contributed by atoms with Crippen LogP contribution in [-0.2, 0) is 0 Å². The van der Waals surface area contributed by atoms with Crippen LogP contribution in [0.3, 0.4) is 0 Å². The van der Waals surface area contributed by atoms with Crippen molar-refractivity contribution in [3.05, 3.63) is 145 Å². The number of para-hydroxylation sites is 1. The molecule has 0 unspecified atom stereocenters. The molecule has 39 heavy (non-hydrogen) atoms. The van der Waals surface area contributed by atoms with Gasteiger partial charge in [0.1, 0.15) is 11.2 Å². The van der Waals surface area contributed by atoms with Crippen molar-refractivity contribution in [1.29, 1.82) is 0 Å². The van der Waals surface area contributed by atoms with Crippen molar-refractivity contribution in [2.24, 2.45) is 0 Å². The number of rotatable bonds is 3. The number of hydrogen-bond acceptors (Lipinski definition) is 1. The summed E-state index contributed by atoms with van der Waals surface area (Å²) in [6.07, 6.45) is 0. The van der Waals surface area contributed by atoms with E-state index < -0.39 is 108 Å². The van der Waals surface area contributed by atoms with Crippen LogP contribution in [0.15, 0.2) is 150 Å². The third kappa shape index (κ3) is 3.48. The van der Waals surface area contributed by atoms with Gasteiger partial charge in [0.15, 0.2) is 0 Å². The molecule has 0 saturated heterocycles. The number of furan rings is 1. The molecule has 0 amide bonds. The van der Waals surface area contributed by atoms with Crippen molar-refractivity contribution in [2.75, 3.05) is 0 Å². The van der Waals surface area contributed by atoms with Gasteiger partial charge in [-0.1, -0.05) is 121 Å². The van der Waals surface area contributed by atoms with Gasteiger partial charge in [-0.25, -0.2) is 0 Å². The minimum absolute atomic E-state index is 0.0650. The molecule has 1 aromatic heterocycles. The Hall–Kier alpha value is -5.14. The van der Waals surface area contributed by atoms with Gasteiger partial charge in [-0.15, -0.1) is 0 Å². The highest BCUT2D eigenvalue weighted by molar-refractivity contribution is 6.21. The second kappa shape index (κ2) is 8.72. The van der Waals surface area contributed by atoms with Crippen LogP contribution in [0.4, 0.5) is 0 Å². The molecule has 0 N–H and O–H groups in total. The largest absolute Gasteiger partial charge is 0.456 e. The van der Waals surface area contributed by atoms with Gasteiger partial charge in [0.05, 0.1) is 21.9 Å². The lowest BCUT2D eigenvalue weighted by molar-refractivity contribution is 0.669. The number of hydrogen-bond donors (Lipinski definition) is 0. The molecule has 8 rings (SSSR count). The second-order valence-corrected chi connectivity index (χ2v) is 8.85. The Morgan fingerprint density at radius 3 is 1.64 bits per heavy atom. The van der Waals surface area contributed by atoms with Gasteiger partial charge >= 0.3 is 0 Å². The van der Waals surface area contributed by atoms with Crippen molar-refractivity contribution in [2.45, 2.75) is 0 Å². The van der Waals surface area contributed by atoms with E-state index in [-0.39, 0.29) is 38.6 Å². The molecule has 0 fully saturated rings. The van der Waals surface area contributed by atoms with Crippen molar-refractivity contribution < 1.29 is 26.3 Å². The molecule has 0 aliphatic heterocycles. The Morgan fingerprint density at radius 1 is 0.385 bits per heavy atom. The zero-order valence-corrected chi connectivity index (χ0v) is 20.0.